The maximum atomic E-state index is 12.7. The van der Waals surface area contributed by atoms with Crippen molar-refractivity contribution < 1.29 is 4.79 Å². The number of nitrogens with zero attached hydrogens (tertiary/aromatic N) is 6. The van der Waals surface area contributed by atoms with E-state index in [1.807, 2.05) is 59.8 Å². The quantitative estimate of drug-likeness (QED) is 0.717. The first-order valence-electron chi connectivity index (χ1n) is 8.68. The van der Waals surface area contributed by atoms with Crippen molar-refractivity contribution in [2.24, 2.45) is 0 Å². The van der Waals surface area contributed by atoms with Gasteiger partial charge < -0.3 is 4.90 Å². The maximum Gasteiger partial charge on any atom is 0.276 e. The molecule has 0 saturated carbocycles. The van der Waals surface area contributed by atoms with Gasteiger partial charge in [-0.15, -0.1) is 5.10 Å². The summed E-state index contributed by atoms with van der Waals surface area (Å²) in [5.41, 5.74) is 2.47. The van der Waals surface area contributed by atoms with Crippen LogP contribution >= 0.6 is 0 Å². The molecule has 1 amide bonds. The van der Waals surface area contributed by atoms with Crippen molar-refractivity contribution in [3.05, 3.63) is 72.3 Å². The molecule has 1 saturated heterocycles. The van der Waals surface area contributed by atoms with Gasteiger partial charge in [-0.05, 0) is 29.8 Å². The number of hydrogen-bond acceptors (Lipinski definition) is 5. The third-order valence-corrected chi connectivity index (χ3v) is 4.51. The molecule has 7 heteroatoms. The fraction of sp³-hybridized carbons (Fsp3) is 0.263. The second-order valence-corrected chi connectivity index (χ2v) is 6.28. The van der Waals surface area contributed by atoms with Gasteiger partial charge in [-0.2, -0.15) is 9.90 Å². The summed E-state index contributed by atoms with van der Waals surface area (Å²) < 4.78 is 0. The molecule has 1 aromatic carbocycles. The van der Waals surface area contributed by atoms with Gasteiger partial charge in [0.2, 0.25) is 0 Å². The number of para-hydroxylation sites is 1. The zero-order valence-corrected chi connectivity index (χ0v) is 14.4. The lowest BCUT2D eigenvalue weighted by atomic mass is 10.2. The topological polar surface area (TPSA) is 67.2 Å². The average molecular weight is 348 g/mol. The van der Waals surface area contributed by atoms with E-state index in [0.29, 0.717) is 18.8 Å². The van der Waals surface area contributed by atoms with Crippen molar-refractivity contribution in [1.82, 2.24) is 29.8 Å². The zero-order valence-electron chi connectivity index (χ0n) is 14.4. The van der Waals surface area contributed by atoms with Crippen LogP contribution in [0.1, 0.15) is 16.1 Å². The van der Waals surface area contributed by atoms with E-state index in [0.717, 1.165) is 25.3 Å². The Morgan fingerprint density at radius 2 is 1.69 bits per heavy atom. The van der Waals surface area contributed by atoms with Gasteiger partial charge in [0.15, 0.2) is 5.69 Å². The number of carbonyl (C=O) groups is 1. The molecular formula is C19H20N6O. The van der Waals surface area contributed by atoms with Crippen LogP contribution in [-0.2, 0) is 6.54 Å². The first kappa shape index (κ1) is 16.4. The molecule has 0 N–H and O–H groups in total. The van der Waals surface area contributed by atoms with Crippen LogP contribution in [-0.4, -0.2) is 61.9 Å². The van der Waals surface area contributed by atoms with Gasteiger partial charge in [-0.1, -0.05) is 18.2 Å². The Kier molecular flexibility index (Phi) is 4.70. The number of pyridine rings is 1. The number of rotatable bonds is 4. The fourth-order valence-corrected chi connectivity index (χ4v) is 3.06. The first-order chi connectivity index (χ1) is 12.8. The Bertz CT molecular complexity index is 856. The van der Waals surface area contributed by atoms with E-state index in [9.17, 15) is 4.79 Å². The van der Waals surface area contributed by atoms with E-state index in [2.05, 4.69) is 20.1 Å². The third kappa shape index (κ3) is 3.62. The molecule has 0 atom stereocenters. The number of aromatic nitrogens is 4. The van der Waals surface area contributed by atoms with Crippen LogP contribution < -0.4 is 0 Å². The van der Waals surface area contributed by atoms with E-state index in [1.54, 1.807) is 6.20 Å². The summed E-state index contributed by atoms with van der Waals surface area (Å²) in [5, 5.41) is 8.55. The molecule has 26 heavy (non-hydrogen) atoms. The van der Waals surface area contributed by atoms with Gasteiger partial charge in [0.1, 0.15) is 0 Å². The SMILES string of the molecule is O=C(c1cnn(-c2ccccc2)n1)N1CCN(Cc2ccncc2)CC1. The van der Waals surface area contributed by atoms with E-state index >= 15 is 0 Å². The predicted molar refractivity (Wildman–Crippen MR) is 96.8 cm³/mol. The molecule has 0 spiro atoms. The highest BCUT2D eigenvalue weighted by atomic mass is 16.2. The molecule has 0 unspecified atom stereocenters. The standard InChI is InChI=1S/C19H20N6O/c26-19(18-14-21-25(22-18)17-4-2-1-3-5-17)24-12-10-23(11-13-24)15-16-6-8-20-9-7-16/h1-9,14H,10-13,15H2. The molecule has 2 aromatic heterocycles. The monoisotopic (exact) mass is 348 g/mol. The fourth-order valence-electron chi connectivity index (χ4n) is 3.06. The Hall–Kier alpha value is -3.06. The molecule has 7 nitrogen and oxygen atoms in total. The van der Waals surface area contributed by atoms with Gasteiger partial charge in [-0.3, -0.25) is 14.7 Å². The lowest BCUT2D eigenvalue weighted by Gasteiger charge is -2.34. The molecule has 3 aromatic rings. The normalized spacial score (nSPS) is 15.2. The Labute approximate surface area is 151 Å². The van der Waals surface area contributed by atoms with Crippen LogP contribution in [0.5, 0.6) is 0 Å². The van der Waals surface area contributed by atoms with Crippen LogP contribution in [0, 0.1) is 0 Å². The Morgan fingerprint density at radius 3 is 2.42 bits per heavy atom. The molecule has 132 valence electrons. The predicted octanol–water partition coefficient (Wildman–Crippen LogP) is 1.62. The van der Waals surface area contributed by atoms with Gasteiger partial charge >= 0.3 is 0 Å². The van der Waals surface area contributed by atoms with Gasteiger partial charge in [-0.25, -0.2) is 0 Å². The molecule has 1 fully saturated rings. The largest absolute Gasteiger partial charge is 0.335 e. The minimum atomic E-state index is -0.0595. The molecule has 0 bridgehead atoms. The van der Waals surface area contributed by atoms with Crippen molar-refractivity contribution in [1.29, 1.82) is 0 Å². The average Bonchev–Trinajstić information content (AvgIpc) is 3.20. The Balaban J connectivity index is 1.36. The summed E-state index contributed by atoms with van der Waals surface area (Å²) >= 11 is 0. The summed E-state index contributed by atoms with van der Waals surface area (Å²) in [7, 11) is 0. The molecule has 4 rings (SSSR count). The van der Waals surface area contributed by atoms with Crippen LogP contribution in [0.25, 0.3) is 5.69 Å². The van der Waals surface area contributed by atoms with Crippen molar-refractivity contribution >= 4 is 5.91 Å². The zero-order chi connectivity index (χ0) is 17.8. The molecule has 0 aliphatic carbocycles. The van der Waals surface area contributed by atoms with E-state index in [4.69, 9.17) is 0 Å². The van der Waals surface area contributed by atoms with Crippen LogP contribution in [0.3, 0.4) is 0 Å². The summed E-state index contributed by atoms with van der Waals surface area (Å²) in [4.78, 5) is 22.4. The second kappa shape index (κ2) is 7.45. The number of benzene rings is 1. The van der Waals surface area contributed by atoms with E-state index in [-0.39, 0.29) is 5.91 Å². The number of amides is 1. The summed E-state index contributed by atoms with van der Waals surface area (Å²) in [6.07, 6.45) is 5.16. The molecule has 0 radical (unpaired) electrons. The number of piperazine rings is 1. The highest BCUT2D eigenvalue weighted by Gasteiger charge is 2.24. The first-order valence-corrected chi connectivity index (χ1v) is 8.68. The van der Waals surface area contributed by atoms with E-state index in [1.165, 1.54) is 10.4 Å². The van der Waals surface area contributed by atoms with Gasteiger partial charge in [0, 0.05) is 45.1 Å². The van der Waals surface area contributed by atoms with Crippen LogP contribution in [0.15, 0.2) is 61.1 Å². The van der Waals surface area contributed by atoms with Crippen molar-refractivity contribution in [3.63, 3.8) is 0 Å². The number of hydrogen-bond donors (Lipinski definition) is 0. The van der Waals surface area contributed by atoms with Gasteiger partial charge in [0.05, 0.1) is 11.9 Å². The summed E-state index contributed by atoms with van der Waals surface area (Å²) in [5.74, 6) is -0.0595. The molecule has 1 aliphatic rings. The molecule has 3 heterocycles. The highest BCUT2D eigenvalue weighted by molar-refractivity contribution is 5.92. The lowest BCUT2D eigenvalue weighted by Crippen LogP contribution is -2.48. The smallest absolute Gasteiger partial charge is 0.276 e. The van der Waals surface area contributed by atoms with Crippen molar-refractivity contribution in [2.75, 3.05) is 26.2 Å². The van der Waals surface area contributed by atoms with Crippen LogP contribution in [0.4, 0.5) is 0 Å². The lowest BCUT2D eigenvalue weighted by molar-refractivity contribution is 0.0622. The second-order valence-electron chi connectivity index (χ2n) is 6.28. The molecular weight excluding hydrogens is 328 g/mol. The summed E-state index contributed by atoms with van der Waals surface area (Å²) in [6, 6.07) is 13.6. The molecule has 1 aliphatic heterocycles. The third-order valence-electron chi connectivity index (χ3n) is 4.51. The minimum absolute atomic E-state index is 0.0595. The highest BCUT2D eigenvalue weighted by Crippen LogP contribution is 2.11. The minimum Gasteiger partial charge on any atom is -0.335 e. The summed E-state index contributed by atoms with van der Waals surface area (Å²) in [6.45, 7) is 3.97. The van der Waals surface area contributed by atoms with Crippen molar-refractivity contribution in [3.8, 4) is 5.69 Å². The van der Waals surface area contributed by atoms with Crippen LogP contribution in [0.2, 0.25) is 0 Å². The maximum absolute atomic E-state index is 12.7. The van der Waals surface area contributed by atoms with E-state index < -0.39 is 0 Å². The Morgan fingerprint density at radius 1 is 0.962 bits per heavy atom. The number of carbonyl (C=O) groups excluding carboxylic acids is 1. The van der Waals surface area contributed by atoms with Crippen molar-refractivity contribution in [2.45, 2.75) is 6.54 Å². The van der Waals surface area contributed by atoms with Gasteiger partial charge in [0.25, 0.3) is 5.91 Å².